The fourth-order valence-corrected chi connectivity index (χ4v) is 4.79. The minimum absolute atomic E-state index is 0. The van der Waals surface area contributed by atoms with Gasteiger partial charge in [0.25, 0.3) is 0 Å². The quantitative estimate of drug-likeness (QED) is 0.252. The fraction of sp³-hybridized carbons (Fsp3) is 0.667. The standard InChI is InChI=1S/C18H30N6O2S.HI/c1-19-18(24-13-7-16(15-24)23-11-3-2-4-12-23)21-9-10-22-27(25,26)17-6-5-8-20-14-17;/h5-6,8,14,16,22H,2-4,7,9-13,15H2,1H3,(H,19,21);1H. The Kier molecular flexibility index (Phi) is 9.38. The summed E-state index contributed by atoms with van der Waals surface area (Å²) in [6, 6.07) is 3.75. The lowest BCUT2D eigenvalue weighted by atomic mass is 10.1. The lowest BCUT2D eigenvalue weighted by molar-refractivity contribution is 0.168. The molecule has 0 bridgehead atoms. The average molecular weight is 522 g/mol. The zero-order valence-corrected chi connectivity index (χ0v) is 19.5. The summed E-state index contributed by atoms with van der Waals surface area (Å²) in [6.07, 6.45) is 8.03. The van der Waals surface area contributed by atoms with Crippen LogP contribution in [0.5, 0.6) is 0 Å². The molecule has 3 heterocycles. The Hall–Kier alpha value is -0.980. The Morgan fingerprint density at radius 2 is 2.04 bits per heavy atom. The molecule has 1 atom stereocenters. The van der Waals surface area contributed by atoms with Crippen molar-refractivity contribution in [3.05, 3.63) is 24.5 Å². The van der Waals surface area contributed by atoms with Crippen LogP contribution >= 0.6 is 24.0 Å². The molecular formula is C18H31IN6O2S. The smallest absolute Gasteiger partial charge is 0.242 e. The van der Waals surface area contributed by atoms with Crippen molar-refractivity contribution < 1.29 is 8.42 Å². The van der Waals surface area contributed by atoms with E-state index < -0.39 is 10.0 Å². The van der Waals surface area contributed by atoms with Gasteiger partial charge in [0.2, 0.25) is 10.0 Å². The summed E-state index contributed by atoms with van der Waals surface area (Å²) in [5.74, 6) is 0.843. The molecule has 1 aromatic heterocycles. The molecule has 0 spiro atoms. The van der Waals surface area contributed by atoms with Gasteiger partial charge < -0.3 is 10.2 Å². The van der Waals surface area contributed by atoms with Gasteiger partial charge in [-0.2, -0.15) is 0 Å². The summed E-state index contributed by atoms with van der Waals surface area (Å²) in [5.41, 5.74) is 0. The lowest BCUT2D eigenvalue weighted by Gasteiger charge is -2.32. The van der Waals surface area contributed by atoms with Crippen molar-refractivity contribution in [1.82, 2.24) is 24.8 Å². The number of nitrogens with one attached hydrogen (secondary N) is 2. The van der Waals surface area contributed by atoms with Gasteiger partial charge in [-0.25, -0.2) is 13.1 Å². The molecule has 1 unspecified atom stereocenters. The van der Waals surface area contributed by atoms with Crippen LogP contribution in [-0.4, -0.2) is 81.5 Å². The maximum Gasteiger partial charge on any atom is 0.242 e. The molecule has 158 valence electrons. The van der Waals surface area contributed by atoms with Gasteiger partial charge in [0.05, 0.1) is 0 Å². The second-order valence-electron chi connectivity index (χ2n) is 7.05. The summed E-state index contributed by atoms with van der Waals surface area (Å²) < 4.78 is 27.0. The number of rotatable bonds is 6. The van der Waals surface area contributed by atoms with Crippen LogP contribution in [0.15, 0.2) is 34.4 Å². The average Bonchev–Trinajstić information content (AvgIpc) is 3.19. The molecule has 3 rings (SSSR count). The van der Waals surface area contributed by atoms with E-state index in [-0.39, 0.29) is 28.9 Å². The van der Waals surface area contributed by atoms with E-state index in [1.165, 1.54) is 44.6 Å². The van der Waals surface area contributed by atoms with Crippen molar-refractivity contribution in [3.8, 4) is 0 Å². The highest BCUT2D eigenvalue weighted by atomic mass is 127. The number of aliphatic imine (C=N–C) groups is 1. The van der Waals surface area contributed by atoms with Crippen molar-refractivity contribution in [2.75, 3.05) is 46.3 Å². The minimum Gasteiger partial charge on any atom is -0.355 e. The van der Waals surface area contributed by atoms with Gasteiger partial charge in [0, 0.05) is 51.7 Å². The van der Waals surface area contributed by atoms with Gasteiger partial charge in [0.1, 0.15) is 4.90 Å². The van der Waals surface area contributed by atoms with Crippen molar-refractivity contribution in [2.45, 2.75) is 36.6 Å². The van der Waals surface area contributed by atoms with Crippen molar-refractivity contribution in [1.29, 1.82) is 0 Å². The summed E-state index contributed by atoms with van der Waals surface area (Å²) in [4.78, 5) is 13.3. The zero-order chi connectivity index (χ0) is 19.1. The third-order valence-electron chi connectivity index (χ3n) is 5.23. The summed E-state index contributed by atoms with van der Waals surface area (Å²) in [7, 11) is -1.75. The van der Waals surface area contributed by atoms with Gasteiger partial charge >= 0.3 is 0 Å². The molecule has 1 aromatic rings. The van der Waals surface area contributed by atoms with Crippen LogP contribution in [0.2, 0.25) is 0 Å². The van der Waals surface area contributed by atoms with E-state index in [4.69, 9.17) is 0 Å². The van der Waals surface area contributed by atoms with E-state index in [1.54, 1.807) is 19.3 Å². The molecule has 8 nitrogen and oxygen atoms in total. The van der Waals surface area contributed by atoms with Gasteiger partial charge in [-0.15, -0.1) is 24.0 Å². The maximum atomic E-state index is 12.2. The van der Waals surface area contributed by atoms with Crippen molar-refractivity contribution in [2.24, 2.45) is 4.99 Å². The van der Waals surface area contributed by atoms with E-state index in [0.29, 0.717) is 19.1 Å². The van der Waals surface area contributed by atoms with Crippen molar-refractivity contribution >= 4 is 40.0 Å². The normalized spacial score (nSPS) is 21.4. The number of sulfonamides is 1. The molecule has 2 N–H and O–H groups in total. The van der Waals surface area contributed by atoms with Crippen molar-refractivity contribution in [3.63, 3.8) is 0 Å². The van der Waals surface area contributed by atoms with E-state index in [2.05, 4.69) is 29.8 Å². The van der Waals surface area contributed by atoms with Crippen LogP contribution in [0.4, 0.5) is 0 Å². The van der Waals surface area contributed by atoms with E-state index in [0.717, 1.165) is 25.5 Å². The van der Waals surface area contributed by atoms with Gasteiger partial charge in [-0.1, -0.05) is 6.42 Å². The predicted molar refractivity (Wildman–Crippen MR) is 122 cm³/mol. The Morgan fingerprint density at radius 3 is 2.71 bits per heavy atom. The number of nitrogens with zero attached hydrogens (tertiary/aromatic N) is 4. The molecule has 2 aliphatic rings. The first-order chi connectivity index (χ1) is 13.1. The number of guanidine groups is 1. The largest absolute Gasteiger partial charge is 0.355 e. The SMILES string of the molecule is CN=C(NCCNS(=O)(=O)c1cccnc1)N1CCC(N2CCCCC2)C1.I. The number of halogens is 1. The third kappa shape index (κ3) is 6.26. The minimum atomic E-state index is -3.52. The van der Waals surface area contributed by atoms with E-state index in [9.17, 15) is 8.42 Å². The molecule has 0 radical (unpaired) electrons. The summed E-state index contributed by atoms with van der Waals surface area (Å²) >= 11 is 0. The summed E-state index contributed by atoms with van der Waals surface area (Å²) in [6.45, 7) is 5.17. The van der Waals surface area contributed by atoms with Gasteiger partial charge in [-0.05, 0) is 44.5 Å². The molecule has 2 fully saturated rings. The fourth-order valence-electron chi connectivity index (χ4n) is 3.80. The molecule has 0 amide bonds. The first kappa shape index (κ1) is 23.3. The first-order valence-electron chi connectivity index (χ1n) is 9.69. The molecule has 0 saturated carbocycles. The first-order valence-corrected chi connectivity index (χ1v) is 11.2. The topological polar surface area (TPSA) is 89.9 Å². The monoisotopic (exact) mass is 522 g/mol. The molecule has 2 saturated heterocycles. The maximum absolute atomic E-state index is 12.2. The molecule has 2 aliphatic heterocycles. The summed E-state index contributed by atoms with van der Waals surface area (Å²) in [5, 5.41) is 3.27. The highest BCUT2D eigenvalue weighted by Gasteiger charge is 2.29. The number of hydrogen-bond acceptors (Lipinski definition) is 5. The predicted octanol–water partition coefficient (Wildman–Crippen LogP) is 1.11. The number of pyridine rings is 1. The molecule has 28 heavy (non-hydrogen) atoms. The Bertz CT molecular complexity index is 725. The highest BCUT2D eigenvalue weighted by molar-refractivity contribution is 14.0. The zero-order valence-electron chi connectivity index (χ0n) is 16.4. The third-order valence-corrected chi connectivity index (χ3v) is 6.67. The van der Waals surface area contributed by atoms with Crippen LogP contribution in [-0.2, 0) is 10.0 Å². The lowest BCUT2D eigenvalue weighted by Crippen LogP contribution is -2.46. The number of piperidine rings is 1. The number of hydrogen-bond donors (Lipinski definition) is 2. The Balaban J connectivity index is 0.00000280. The van der Waals surface area contributed by atoms with Crippen LogP contribution in [0, 0.1) is 0 Å². The van der Waals surface area contributed by atoms with Gasteiger partial charge in [-0.3, -0.25) is 14.9 Å². The molecular weight excluding hydrogens is 491 g/mol. The number of likely N-dealkylation sites (tertiary alicyclic amines) is 2. The molecule has 0 aliphatic carbocycles. The van der Waals surface area contributed by atoms with Crippen LogP contribution in [0.25, 0.3) is 0 Å². The second-order valence-corrected chi connectivity index (χ2v) is 8.81. The Labute approximate surface area is 185 Å². The number of aromatic nitrogens is 1. The van der Waals surface area contributed by atoms with E-state index in [1.807, 2.05) is 0 Å². The highest BCUT2D eigenvalue weighted by Crippen LogP contribution is 2.20. The van der Waals surface area contributed by atoms with Crippen LogP contribution in [0.1, 0.15) is 25.7 Å². The molecule has 10 heteroatoms. The second kappa shape index (κ2) is 11.3. The molecule has 0 aromatic carbocycles. The Morgan fingerprint density at radius 1 is 1.25 bits per heavy atom. The van der Waals surface area contributed by atoms with Crippen LogP contribution in [0.3, 0.4) is 0 Å². The van der Waals surface area contributed by atoms with E-state index >= 15 is 0 Å². The van der Waals surface area contributed by atoms with Crippen LogP contribution < -0.4 is 10.0 Å². The van der Waals surface area contributed by atoms with Gasteiger partial charge in [0.15, 0.2) is 5.96 Å².